The normalized spacial score (nSPS) is 10.6. The molecule has 0 radical (unpaired) electrons. The minimum Gasteiger partial charge on any atom is -0.484 e. The van der Waals surface area contributed by atoms with Crippen LogP contribution < -0.4 is 14.9 Å². The molecule has 0 aliphatic carbocycles. The van der Waals surface area contributed by atoms with E-state index in [2.05, 4.69) is 49.0 Å². The van der Waals surface area contributed by atoms with Crippen molar-refractivity contribution in [3.63, 3.8) is 0 Å². The number of hydrogen-bond donors (Lipinski definition) is 1. The maximum Gasteiger partial charge on any atom is 0.344 e. The lowest BCUT2D eigenvalue weighted by atomic mass is 10.2. The highest BCUT2D eigenvalue weighted by Gasteiger charge is 2.11. The van der Waals surface area contributed by atoms with Gasteiger partial charge in [0.2, 0.25) is 0 Å². The largest absolute Gasteiger partial charge is 0.484 e. The van der Waals surface area contributed by atoms with E-state index in [-0.39, 0.29) is 12.5 Å². The Labute approximate surface area is 195 Å². The first-order valence-electron chi connectivity index (χ1n) is 8.78. The number of hydrazone groups is 1. The van der Waals surface area contributed by atoms with E-state index < -0.39 is 5.97 Å². The summed E-state index contributed by atoms with van der Waals surface area (Å²) in [6.45, 7) is -0.147. The number of ether oxygens (including phenoxy) is 2. The van der Waals surface area contributed by atoms with Crippen LogP contribution in [0.5, 0.6) is 11.5 Å². The summed E-state index contributed by atoms with van der Waals surface area (Å²) in [5.74, 6) is 0.216. The number of carbonyl (C=O) groups is 2. The van der Waals surface area contributed by atoms with Crippen LogP contribution >= 0.6 is 38.5 Å². The highest BCUT2D eigenvalue weighted by Crippen LogP contribution is 2.17. The summed E-state index contributed by atoms with van der Waals surface area (Å²) in [7, 11) is 0. The van der Waals surface area contributed by atoms with Crippen LogP contribution in [0.25, 0.3) is 0 Å². The van der Waals surface area contributed by atoms with Gasteiger partial charge in [0.25, 0.3) is 5.91 Å². The molecule has 0 aliphatic heterocycles. The van der Waals surface area contributed by atoms with Gasteiger partial charge in [-0.25, -0.2) is 10.2 Å². The first-order valence-corrected chi connectivity index (χ1v) is 10.7. The summed E-state index contributed by atoms with van der Waals surface area (Å²) in [5, 5.41) is 3.90. The lowest BCUT2D eigenvalue weighted by Crippen LogP contribution is -2.24. The van der Waals surface area contributed by atoms with E-state index in [1.165, 1.54) is 6.21 Å². The average molecular weight is 579 g/mol. The molecular formula is C22H16BrIN2O4. The monoisotopic (exact) mass is 578 g/mol. The van der Waals surface area contributed by atoms with Gasteiger partial charge in [0, 0.05) is 8.04 Å². The van der Waals surface area contributed by atoms with Crippen molar-refractivity contribution in [2.75, 3.05) is 6.61 Å². The number of rotatable bonds is 7. The summed E-state index contributed by atoms with van der Waals surface area (Å²) in [5.41, 5.74) is 3.64. The van der Waals surface area contributed by atoms with Crippen molar-refractivity contribution < 1.29 is 19.1 Å². The van der Waals surface area contributed by atoms with E-state index in [1.54, 1.807) is 48.5 Å². The Morgan fingerprint density at radius 3 is 2.33 bits per heavy atom. The number of benzene rings is 3. The second-order valence-corrected chi connectivity index (χ2v) is 8.05. The SMILES string of the molecule is O=C(COc1ccc(Br)cc1)N/N=C/c1ccc(OC(=O)c2ccccc2I)cc1. The summed E-state index contributed by atoms with van der Waals surface area (Å²) >= 11 is 5.42. The van der Waals surface area contributed by atoms with E-state index in [9.17, 15) is 9.59 Å². The highest BCUT2D eigenvalue weighted by molar-refractivity contribution is 14.1. The number of esters is 1. The zero-order valence-corrected chi connectivity index (χ0v) is 19.3. The van der Waals surface area contributed by atoms with E-state index >= 15 is 0 Å². The molecule has 1 N–H and O–H groups in total. The average Bonchev–Trinajstić information content (AvgIpc) is 2.75. The van der Waals surface area contributed by atoms with Crippen molar-refractivity contribution in [3.05, 3.63) is 92.0 Å². The van der Waals surface area contributed by atoms with E-state index in [0.717, 1.165) is 13.6 Å². The van der Waals surface area contributed by atoms with Gasteiger partial charge in [-0.2, -0.15) is 5.10 Å². The van der Waals surface area contributed by atoms with Gasteiger partial charge in [0.15, 0.2) is 6.61 Å². The van der Waals surface area contributed by atoms with Gasteiger partial charge in [0.05, 0.1) is 11.8 Å². The molecule has 0 spiro atoms. The second kappa shape index (κ2) is 10.9. The van der Waals surface area contributed by atoms with Gasteiger partial charge >= 0.3 is 5.97 Å². The lowest BCUT2D eigenvalue weighted by Gasteiger charge is -2.06. The second-order valence-electron chi connectivity index (χ2n) is 5.97. The molecule has 0 aliphatic rings. The predicted molar refractivity (Wildman–Crippen MR) is 126 cm³/mol. The fraction of sp³-hybridized carbons (Fsp3) is 0.0455. The van der Waals surface area contributed by atoms with Crippen molar-refractivity contribution in [2.24, 2.45) is 5.10 Å². The molecule has 1 amide bonds. The van der Waals surface area contributed by atoms with Gasteiger partial charge in [-0.3, -0.25) is 4.79 Å². The molecule has 0 saturated heterocycles. The minimum absolute atomic E-state index is 0.147. The summed E-state index contributed by atoms with van der Waals surface area (Å²) in [6.07, 6.45) is 1.49. The van der Waals surface area contributed by atoms with Crippen LogP contribution in [0.3, 0.4) is 0 Å². The number of amides is 1. The Kier molecular flexibility index (Phi) is 7.97. The molecule has 3 aromatic carbocycles. The van der Waals surface area contributed by atoms with E-state index in [1.807, 2.05) is 24.3 Å². The van der Waals surface area contributed by atoms with Crippen molar-refractivity contribution in [1.82, 2.24) is 5.43 Å². The summed E-state index contributed by atoms with van der Waals surface area (Å²) < 4.78 is 12.5. The maximum absolute atomic E-state index is 12.2. The third kappa shape index (κ3) is 6.67. The molecule has 0 saturated carbocycles. The molecule has 6 nitrogen and oxygen atoms in total. The Bertz CT molecular complexity index is 1050. The van der Waals surface area contributed by atoms with Crippen molar-refractivity contribution in [2.45, 2.75) is 0 Å². The summed E-state index contributed by atoms with van der Waals surface area (Å²) in [4.78, 5) is 24.0. The molecule has 30 heavy (non-hydrogen) atoms. The van der Waals surface area contributed by atoms with Crippen molar-refractivity contribution in [3.8, 4) is 11.5 Å². The molecule has 0 aromatic heterocycles. The van der Waals surface area contributed by atoms with Crippen LogP contribution in [0.1, 0.15) is 15.9 Å². The van der Waals surface area contributed by atoms with Crippen LogP contribution in [-0.4, -0.2) is 24.7 Å². The Hall–Kier alpha value is -2.72. The molecule has 3 aromatic rings. The maximum atomic E-state index is 12.2. The standard InChI is InChI=1S/C22H16BrIN2O4/c23-16-7-11-17(12-8-16)29-14-21(27)26-25-13-15-5-9-18(10-6-15)30-22(28)19-3-1-2-4-20(19)24/h1-13H,14H2,(H,26,27)/b25-13+. The van der Waals surface area contributed by atoms with Gasteiger partial charge in [0.1, 0.15) is 11.5 Å². The Morgan fingerprint density at radius 2 is 1.63 bits per heavy atom. The quantitative estimate of drug-likeness (QED) is 0.144. The zero-order valence-electron chi connectivity index (χ0n) is 15.5. The fourth-order valence-electron chi connectivity index (χ4n) is 2.30. The Morgan fingerprint density at radius 1 is 0.967 bits per heavy atom. The van der Waals surface area contributed by atoms with Gasteiger partial charge in [-0.15, -0.1) is 0 Å². The first-order chi connectivity index (χ1) is 14.5. The first kappa shape index (κ1) is 22.0. The van der Waals surface area contributed by atoms with Crippen LogP contribution in [0.4, 0.5) is 0 Å². The molecule has 152 valence electrons. The van der Waals surface area contributed by atoms with Crippen molar-refractivity contribution in [1.29, 1.82) is 0 Å². The highest BCUT2D eigenvalue weighted by atomic mass is 127. The number of carbonyl (C=O) groups excluding carboxylic acids is 2. The van der Waals surface area contributed by atoms with Gasteiger partial charge in [-0.1, -0.05) is 28.1 Å². The van der Waals surface area contributed by atoms with Crippen LogP contribution in [0.15, 0.2) is 82.4 Å². The zero-order chi connectivity index (χ0) is 21.3. The van der Waals surface area contributed by atoms with Crippen LogP contribution in [-0.2, 0) is 4.79 Å². The third-order valence-electron chi connectivity index (χ3n) is 3.77. The van der Waals surface area contributed by atoms with Gasteiger partial charge in [-0.05, 0) is 88.8 Å². The van der Waals surface area contributed by atoms with Crippen LogP contribution in [0, 0.1) is 3.57 Å². The molecule has 0 atom stereocenters. The Balaban J connectivity index is 1.47. The van der Waals surface area contributed by atoms with E-state index in [0.29, 0.717) is 17.1 Å². The van der Waals surface area contributed by atoms with Gasteiger partial charge < -0.3 is 9.47 Å². The fourth-order valence-corrected chi connectivity index (χ4v) is 3.17. The molecule has 0 heterocycles. The number of hydrogen-bond acceptors (Lipinski definition) is 5. The van der Waals surface area contributed by atoms with Crippen molar-refractivity contribution >= 4 is 56.6 Å². The third-order valence-corrected chi connectivity index (χ3v) is 5.24. The lowest BCUT2D eigenvalue weighted by molar-refractivity contribution is -0.123. The summed E-state index contributed by atoms with van der Waals surface area (Å²) in [6, 6.07) is 21.2. The molecule has 8 heteroatoms. The van der Waals surface area contributed by atoms with E-state index in [4.69, 9.17) is 9.47 Å². The van der Waals surface area contributed by atoms with Crippen LogP contribution in [0.2, 0.25) is 0 Å². The molecule has 3 rings (SSSR count). The smallest absolute Gasteiger partial charge is 0.344 e. The predicted octanol–water partition coefficient (Wildman–Crippen LogP) is 4.80. The molecular weight excluding hydrogens is 563 g/mol. The number of nitrogens with zero attached hydrogens (tertiary/aromatic N) is 1. The molecule has 0 unspecified atom stereocenters. The number of nitrogens with one attached hydrogen (secondary N) is 1. The molecule has 0 fully saturated rings. The minimum atomic E-state index is -0.417. The topological polar surface area (TPSA) is 77.0 Å². The number of halogens is 2. The molecule has 0 bridgehead atoms.